The van der Waals surface area contributed by atoms with Crippen molar-refractivity contribution in [2.45, 2.75) is 5.88 Å². The van der Waals surface area contributed by atoms with Gasteiger partial charge in [-0.15, -0.1) is 11.6 Å². The van der Waals surface area contributed by atoms with Gasteiger partial charge in [-0.05, 0) is 12.1 Å². The zero-order chi connectivity index (χ0) is 11.4. The number of benzene rings is 1. The molecule has 1 aromatic carbocycles. The molecule has 0 radical (unpaired) electrons. The van der Waals surface area contributed by atoms with Crippen molar-refractivity contribution in [3.8, 4) is 0 Å². The molecular weight excluding hydrogens is 222 g/mol. The lowest BCUT2D eigenvalue weighted by atomic mass is 10.3. The van der Waals surface area contributed by atoms with Crippen molar-refractivity contribution >= 4 is 23.1 Å². The van der Waals surface area contributed by atoms with E-state index in [-0.39, 0.29) is 0 Å². The molecule has 16 heavy (non-hydrogen) atoms. The molecule has 0 aliphatic carbocycles. The maximum absolute atomic E-state index is 5.66. The zero-order valence-electron chi connectivity index (χ0n) is 8.97. The van der Waals surface area contributed by atoms with Crippen molar-refractivity contribution in [2.24, 2.45) is 0 Å². The molecule has 0 saturated heterocycles. The lowest BCUT2D eigenvalue weighted by molar-refractivity contribution is 1.04. The van der Waals surface area contributed by atoms with Crippen molar-refractivity contribution < 1.29 is 0 Å². The van der Waals surface area contributed by atoms with E-state index in [1.165, 1.54) is 0 Å². The van der Waals surface area contributed by atoms with Crippen LogP contribution in [0.3, 0.4) is 0 Å². The Balaban J connectivity index is 2.24. The summed E-state index contributed by atoms with van der Waals surface area (Å²) in [5, 5.41) is 0. The van der Waals surface area contributed by atoms with E-state index >= 15 is 0 Å². The SMILES string of the molecule is CN(c1ccccc1)c1cnc(CCl)cn1. The van der Waals surface area contributed by atoms with Crippen LogP contribution in [0.25, 0.3) is 0 Å². The smallest absolute Gasteiger partial charge is 0.151 e. The van der Waals surface area contributed by atoms with Crippen LogP contribution in [0.15, 0.2) is 42.7 Å². The summed E-state index contributed by atoms with van der Waals surface area (Å²) in [5.74, 6) is 1.20. The summed E-state index contributed by atoms with van der Waals surface area (Å²) in [6, 6.07) is 10.0. The van der Waals surface area contributed by atoms with Gasteiger partial charge in [-0.3, -0.25) is 4.98 Å². The molecular formula is C12H12ClN3. The van der Waals surface area contributed by atoms with Crippen molar-refractivity contribution in [2.75, 3.05) is 11.9 Å². The molecule has 4 heteroatoms. The van der Waals surface area contributed by atoms with Crippen molar-refractivity contribution in [1.29, 1.82) is 0 Å². The third-order valence-corrected chi connectivity index (χ3v) is 2.59. The molecule has 0 N–H and O–H groups in total. The molecule has 0 aliphatic heterocycles. The van der Waals surface area contributed by atoms with Gasteiger partial charge in [0.15, 0.2) is 5.82 Å². The first-order valence-electron chi connectivity index (χ1n) is 4.97. The van der Waals surface area contributed by atoms with Gasteiger partial charge < -0.3 is 4.90 Å². The summed E-state index contributed by atoms with van der Waals surface area (Å²) in [6.07, 6.45) is 3.42. The summed E-state index contributed by atoms with van der Waals surface area (Å²) in [4.78, 5) is 10.5. The van der Waals surface area contributed by atoms with Crippen LogP contribution in [0, 0.1) is 0 Å². The van der Waals surface area contributed by atoms with Crippen LogP contribution >= 0.6 is 11.6 Å². The van der Waals surface area contributed by atoms with Crippen LogP contribution in [-0.2, 0) is 5.88 Å². The largest absolute Gasteiger partial charge is 0.328 e. The fraction of sp³-hybridized carbons (Fsp3) is 0.167. The molecule has 0 bridgehead atoms. The number of halogens is 1. The zero-order valence-corrected chi connectivity index (χ0v) is 9.72. The molecule has 0 atom stereocenters. The van der Waals surface area contributed by atoms with E-state index in [9.17, 15) is 0 Å². The Kier molecular flexibility index (Phi) is 3.37. The second kappa shape index (κ2) is 4.94. The number of rotatable bonds is 3. The number of nitrogens with zero attached hydrogens (tertiary/aromatic N) is 3. The predicted octanol–water partition coefficient (Wildman–Crippen LogP) is 2.98. The molecule has 1 aromatic heterocycles. The lowest BCUT2D eigenvalue weighted by Crippen LogP contribution is -2.11. The van der Waals surface area contributed by atoms with Gasteiger partial charge in [0.2, 0.25) is 0 Å². The van der Waals surface area contributed by atoms with Crippen LogP contribution in [0.1, 0.15) is 5.69 Å². The molecule has 2 aromatic rings. The van der Waals surface area contributed by atoms with E-state index in [0.717, 1.165) is 17.2 Å². The minimum atomic E-state index is 0.391. The number of hydrogen-bond donors (Lipinski definition) is 0. The third-order valence-electron chi connectivity index (χ3n) is 2.32. The van der Waals surface area contributed by atoms with Crippen LogP contribution in [0.5, 0.6) is 0 Å². The van der Waals surface area contributed by atoms with Gasteiger partial charge in [-0.1, -0.05) is 18.2 Å². The monoisotopic (exact) mass is 233 g/mol. The molecule has 0 spiro atoms. The summed E-state index contributed by atoms with van der Waals surface area (Å²) in [6.45, 7) is 0. The second-order valence-electron chi connectivity index (χ2n) is 3.39. The van der Waals surface area contributed by atoms with Gasteiger partial charge in [-0.25, -0.2) is 4.98 Å². The van der Waals surface area contributed by atoms with Crippen molar-refractivity contribution in [3.05, 3.63) is 48.4 Å². The molecule has 0 amide bonds. The first-order chi connectivity index (χ1) is 7.81. The Bertz CT molecular complexity index is 442. The fourth-order valence-corrected chi connectivity index (χ4v) is 1.51. The Morgan fingerprint density at radius 2 is 1.88 bits per heavy atom. The summed E-state index contributed by atoms with van der Waals surface area (Å²) in [5.41, 5.74) is 1.86. The maximum atomic E-state index is 5.66. The van der Waals surface area contributed by atoms with Crippen LogP contribution in [0.2, 0.25) is 0 Å². The summed E-state index contributed by atoms with van der Waals surface area (Å²) >= 11 is 5.66. The van der Waals surface area contributed by atoms with Crippen LogP contribution < -0.4 is 4.90 Å². The van der Waals surface area contributed by atoms with Gasteiger partial charge in [0, 0.05) is 12.7 Å². The van der Waals surface area contributed by atoms with E-state index in [0.29, 0.717) is 5.88 Å². The van der Waals surface area contributed by atoms with Gasteiger partial charge in [0.1, 0.15) is 0 Å². The quantitative estimate of drug-likeness (QED) is 0.764. The summed E-state index contributed by atoms with van der Waals surface area (Å²) < 4.78 is 0. The molecule has 82 valence electrons. The van der Waals surface area contributed by atoms with Crippen molar-refractivity contribution in [3.63, 3.8) is 0 Å². The Morgan fingerprint density at radius 1 is 1.12 bits per heavy atom. The minimum Gasteiger partial charge on any atom is -0.328 e. The number of para-hydroxylation sites is 1. The average Bonchev–Trinajstić information content (AvgIpc) is 2.39. The van der Waals surface area contributed by atoms with Crippen molar-refractivity contribution in [1.82, 2.24) is 9.97 Å². The van der Waals surface area contributed by atoms with E-state index in [1.807, 2.05) is 42.3 Å². The molecule has 3 nitrogen and oxygen atoms in total. The second-order valence-corrected chi connectivity index (χ2v) is 3.66. The average molecular weight is 234 g/mol. The Hall–Kier alpha value is -1.61. The maximum Gasteiger partial charge on any atom is 0.151 e. The minimum absolute atomic E-state index is 0.391. The van der Waals surface area contributed by atoms with E-state index in [4.69, 9.17) is 11.6 Å². The van der Waals surface area contributed by atoms with Gasteiger partial charge >= 0.3 is 0 Å². The molecule has 0 saturated carbocycles. The number of aromatic nitrogens is 2. The highest BCUT2D eigenvalue weighted by atomic mass is 35.5. The van der Waals surface area contributed by atoms with Gasteiger partial charge in [0.05, 0.1) is 24.0 Å². The molecule has 0 aliphatic rings. The molecule has 2 rings (SSSR count). The molecule has 0 unspecified atom stereocenters. The first kappa shape index (κ1) is 10.9. The van der Waals surface area contributed by atoms with E-state index < -0.39 is 0 Å². The fourth-order valence-electron chi connectivity index (χ4n) is 1.37. The van der Waals surface area contributed by atoms with E-state index in [1.54, 1.807) is 12.4 Å². The molecule has 1 heterocycles. The Labute approximate surface area is 99.7 Å². The van der Waals surface area contributed by atoms with Crippen LogP contribution in [-0.4, -0.2) is 17.0 Å². The Morgan fingerprint density at radius 3 is 2.44 bits per heavy atom. The highest BCUT2D eigenvalue weighted by Crippen LogP contribution is 2.19. The molecule has 0 fully saturated rings. The highest BCUT2D eigenvalue weighted by molar-refractivity contribution is 6.16. The van der Waals surface area contributed by atoms with E-state index in [2.05, 4.69) is 9.97 Å². The summed E-state index contributed by atoms with van der Waals surface area (Å²) in [7, 11) is 1.96. The number of alkyl halides is 1. The van der Waals surface area contributed by atoms with Crippen LogP contribution in [0.4, 0.5) is 11.5 Å². The van der Waals surface area contributed by atoms with Gasteiger partial charge in [-0.2, -0.15) is 0 Å². The lowest BCUT2D eigenvalue weighted by Gasteiger charge is -2.17. The topological polar surface area (TPSA) is 29.0 Å². The first-order valence-corrected chi connectivity index (χ1v) is 5.50. The normalized spacial score (nSPS) is 10.1. The van der Waals surface area contributed by atoms with Gasteiger partial charge in [0.25, 0.3) is 0 Å². The highest BCUT2D eigenvalue weighted by Gasteiger charge is 2.04. The predicted molar refractivity (Wildman–Crippen MR) is 66.1 cm³/mol. The number of anilines is 2. The third kappa shape index (κ3) is 2.31. The standard InChI is InChI=1S/C12H12ClN3/c1-16(11-5-3-2-4-6-11)12-9-14-10(7-13)8-15-12/h2-6,8-9H,7H2,1H3. The number of hydrogen-bond acceptors (Lipinski definition) is 3.